The van der Waals surface area contributed by atoms with E-state index in [0.29, 0.717) is 5.92 Å². The number of hydrogen-bond acceptors (Lipinski definition) is 3. The van der Waals surface area contributed by atoms with Crippen molar-refractivity contribution in [3.8, 4) is 33.6 Å². The summed E-state index contributed by atoms with van der Waals surface area (Å²) in [4.78, 5) is 9.21. The molecule has 267 valence electrons. The number of fused-ring (bicyclic) bond motifs is 3. The van der Waals surface area contributed by atoms with E-state index in [1.54, 1.807) is 0 Å². The molecule has 0 unspecified atom stereocenters. The van der Waals surface area contributed by atoms with E-state index in [0.717, 1.165) is 50.9 Å². The molecule has 3 aromatic heterocycles. The maximum atomic E-state index is 6.23. The molecule has 8 rings (SSSR count). The van der Waals surface area contributed by atoms with E-state index in [1.807, 2.05) is 48.8 Å². The van der Waals surface area contributed by atoms with E-state index in [4.69, 9.17) is 9.40 Å². The van der Waals surface area contributed by atoms with Gasteiger partial charge in [-0.05, 0) is 70.6 Å². The molecule has 8 aromatic rings. The van der Waals surface area contributed by atoms with Gasteiger partial charge in [-0.1, -0.05) is 136 Å². The number of benzene rings is 5. The first kappa shape index (κ1) is 37.6. The first-order valence-electron chi connectivity index (χ1n) is 18.1. The van der Waals surface area contributed by atoms with Crippen molar-refractivity contribution in [2.75, 3.05) is 0 Å². The summed E-state index contributed by atoms with van der Waals surface area (Å²) >= 11 is 0. The van der Waals surface area contributed by atoms with Crippen LogP contribution in [-0.4, -0.2) is 9.97 Å². The minimum Gasteiger partial charge on any atom is -0.501 e. The zero-order valence-electron chi connectivity index (χ0n) is 31.2. The van der Waals surface area contributed by atoms with Gasteiger partial charge >= 0.3 is 0 Å². The molecule has 0 amide bonds. The van der Waals surface area contributed by atoms with Crippen LogP contribution in [0.15, 0.2) is 144 Å². The minimum absolute atomic E-state index is 0. The second-order valence-electron chi connectivity index (χ2n) is 14.6. The van der Waals surface area contributed by atoms with Crippen LogP contribution in [-0.2, 0) is 31.9 Å². The Labute approximate surface area is 327 Å². The van der Waals surface area contributed by atoms with E-state index in [9.17, 15) is 0 Å². The van der Waals surface area contributed by atoms with Crippen LogP contribution in [0.2, 0.25) is 0 Å². The summed E-state index contributed by atoms with van der Waals surface area (Å²) < 4.78 is 6.23. The molecule has 0 fully saturated rings. The predicted octanol–water partition coefficient (Wildman–Crippen LogP) is 12.8. The zero-order chi connectivity index (χ0) is 36.2. The largest absolute Gasteiger partial charge is 0.501 e. The van der Waals surface area contributed by atoms with Crippen LogP contribution in [0, 0.1) is 31.9 Å². The Kier molecular flexibility index (Phi) is 11.5. The number of para-hydroxylation sites is 1. The number of nitrogens with zero attached hydrogens (tertiary/aromatic N) is 2. The first-order valence-corrected chi connectivity index (χ1v) is 18.1. The molecular weight excluding hydrogens is 825 g/mol. The van der Waals surface area contributed by atoms with Crippen molar-refractivity contribution >= 4 is 21.9 Å². The fraction of sp³-hybridized carbons (Fsp3) is 0.184. The average Bonchev–Trinajstić information content (AvgIpc) is 3.56. The Bertz CT molecular complexity index is 2440. The molecule has 0 N–H and O–H groups in total. The minimum atomic E-state index is -0.186. The van der Waals surface area contributed by atoms with E-state index in [2.05, 4.69) is 150 Å². The smallest absolute Gasteiger partial charge is 0.120 e. The molecule has 0 spiro atoms. The van der Waals surface area contributed by atoms with E-state index in [1.165, 1.54) is 38.9 Å². The summed E-state index contributed by atoms with van der Waals surface area (Å²) in [6.07, 6.45) is 4.97. The van der Waals surface area contributed by atoms with Crippen LogP contribution in [0.3, 0.4) is 0 Å². The van der Waals surface area contributed by atoms with E-state index < -0.39 is 0 Å². The van der Waals surface area contributed by atoms with Crippen LogP contribution in [0.5, 0.6) is 0 Å². The monoisotopic (exact) mass is 869 g/mol. The molecule has 0 saturated heterocycles. The Morgan fingerprint density at radius 3 is 2.17 bits per heavy atom. The van der Waals surface area contributed by atoms with Gasteiger partial charge in [0.15, 0.2) is 0 Å². The number of aryl methyl sites for hydroxylation is 2. The molecule has 4 heteroatoms. The molecule has 0 aliphatic heterocycles. The molecule has 1 radical (unpaired) electrons. The average molecular weight is 869 g/mol. The van der Waals surface area contributed by atoms with Crippen LogP contribution >= 0.6 is 0 Å². The van der Waals surface area contributed by atoms with Gasteiger partial charge < -0.3 is 14.4 Å². The summed E-state index contributed by atoms with van der Waals surface area (Å²) in [7, 11) is 0. The summed E-state index contributed by atoms with van der Waals surface area (Å²) in [5.74, 6) is 0.668. The van der Waals surface area contributed by atoms with Gasteiger partial charge in [0.05, 0.1) is 5.58 Å². The van der Waals surface area contributed by atoms with E-state index in [-0.39, 0.29) is 25.5 Å². The van der Waals surface area contributed by atoms with Gasteiger partial charge in [0.25, 0.3) is 0 Å². The maximum absolute atomic E-state index is 6.23. The van der Waals surface area contributed by atoms with Crippen molar-refractivity contribution in [2.24, 2.45) is 5.92 Å². The van der Waals surface area contributed by atoms with Gasteiger partial charge in [-0.15, -0.1) is 53.6 Å². The zero-order valence-corrected chi connectivity index (χ0v) is 33.6. The number of rotatable bonds is 7. The normalized spacial score (nSPS) is 11.3. The first-order chi connectivity index (χ1) is 25.2. The summed E-state index contributed by atoms with van der Waals surface area (Å²) in [5.41, 5.74) is 14.2. The standard InChI is InChI=1S/C32H24NO.C17H20N.Ir/c1-32(2,24-17-15-23(16-18-24)22-9-4-3-5-10-22)25-19-20-33-29(21-25)28-13-8-12-27-26-11-6-7-14-30(26)34-31(27)28;1-12(2)9-16-10-17(18-11-14(16)4)15-7-5-13(3)6-8-15;/h3-12,14-21H,1-2H3;5-7,10-12H,9H2,1-4H3;/q2*-1;. The second-order valence-corrected chi connectivity index (χ2v) is 14.6. The number of hydrogen-bond donors (Lipinski definition) is 0. The Hall–Kier alpha value is -5.15. The predicted molar refractivity (Wildman–Crippen MR) is 216 cm³/mol. The van der Waals surface area contributed by atoms with Crippen molar-refractivity contribution in [1.82, 2.24) is 9.97 Å². The van der Waals surface area contributed by atoms with Gasteiger partial charge in [-0.25, -0.2) is 0 Å². The molecule has 3 heterocycles. The fourth-order valence-corrected chi connectivity index (χ4v) is 6.75. The number of furan rings is 1. The maximum Gasteiger partial charge on any atom is 0.120 e. The van der Waals surface area contributed by atoms with Crippen molar-refractivity contribution < 1.29 is 24.5 Å². The number of aromatic nitrogens is 2. The van der Waals surface area contributed by atoms with Gasteiger partial charge in [-0.2, -0.15) is 0 Å². The number of pyridine rings is 2. The Balaban J connectivity index is 0.000000215. The van der Waals surface area contributed by atoms with Gasteiger partial charge in [0.1, 0.15) is 5.58 Å². The fourth-order valence-electron chi connectivity index (χ4n) is 6.75. The second kappa shape index (κ2) is 16.3. The molecular formula is C49H44IrN2O-2. The van der Waals surface area contributed by atoms with Crippen molar-refractivity contribution in [1.29, 1.82) is 0 Å². The topological polar surface area (TPSA) is 38.9 Å². The molecule has 53 heavy (non-hydrogen) atoms. The van der Waals surface area contributed by atoms with Gasteiger partial charge in [0, 0.05) is 43.3 Å². The van der Waals surface area contributed by atoms with Crippen molar-refractivity contribution in [3.63, 3.8) is 0 Å². The molecule has 0 bridgehead atoms. The molecule has 0 aliphatic carbocycles. The van der Waals surface area contributed by atoms with Gasteiger partial charge in [0.2, 0.25) is 0 Å². The Morgan fingerprint density at radius 1 is 0.698 bits per heavy atom. The van der Waals surface area contributed by atoms with Crippen molar-refractivity contribution in [2.45, 2.75) is 53.4 Å². The van der Waals surface area contributed by atoms with Crippen LogP contribution in [0.4, 0.5) is 0 Å². The molecule has 0 saturated carbocycles. The quantitative estimate of drug-likeness (QED) is 0.150. The van der Waals surface area contributed by atoms with E-state index >= 15 is 0 Å². The third-order valence-electron chi connectivity index (χ3n) is 9.88. The van der Waals surface area contributed by atoms with Crippen LogP contribution in [0.1, 0.15) is 55.5 Å². The molecule has 0 aliphatic rings. The third kappa shape index (κ3) is 8.25. The SMILES string of the molecule is CC(C)(c1ccc(-c2ccccc2)cc1)c1ccnc(-c2[c-]ccc3c2oc2ccccc23)c1.Cc1c[c-]c(-c2cc(CC(C)C)c(C)cn2)cc1.[Ir]. The summed E-state index contributed by atoms with van der Waals surface area (Å²) in [5, 5.41) is 2.20. The van der Waals surface area contributed by atoms with Gasteiger partial charge in [-0.3, -0.25) is 0 Å². The molecule has 3 nitrogen and oxygen atoms in total. The van der Waals surface area contributed by atoms with Crippen molar-refractivity contribution in [3.05, 3.63) is 180 Å². The summed E-state index contributed by atoms with van der Waals surface area (Å²) in [6.45, 7) is 13.2. The Morgan fingerprint density at radius 2 is 1.43 bits per heavy atom. The summed E-state index contributed by atoms with van der Waals surface area (Å²) in [6, 6.07) is 50.9. The molecule has 5 aromatic carbocycles. The molecule has 0 atom stereocenters. The third-order valence-corrected chi connectivity index (χ3v) is 9.88. The van der Waals surface area contributed by atoms with Crippen LogP contribution < -0.4 is 0 Å². The van der Waals surface area contributed by atoms with Crippen LogP contribution in [0.25, 0.3) is 55.6 Å².